The van der Waals surface area contributed by atoms with Crippen LogP contribution >= 0.6 is 0 Å². The number of hydrogen-bond acceptors (Lipinski definition) is 1. The molecule has 0 aliphatic rings. The van der Waals surface area contributed by atoms with Gasteiger partial charge in [-0.3, -0.25) is 0 Å². The normalized spacial score (nSPS) is 8.86. The molecule has 0 saturated carbocycles. The maximum atomic E-state index is 11.4. The van der Waals surface area contributed by atoms with Crippen LogP contribution < -0.4 is 34.7 Å². The minimum absolute atomic E-state index is 0. The smallest absolute Gasteiger partial charge is 0.872 e. The maximum absolute atomic E-state index is 11.4. The van der Waals surface area contributed by atoms with Gasteiger partial charge in [0.2, 0.25) is 0 Å². The second-order valence-electron chi connectivity index (χ2n) is 2.88. The molecule has 1 aromatic rings. The van der Waals surface area contributed by atoms with Crippen molar-refractivity contribution in [2.75, 3.05) is 0 Å². The third-order valence-corrected chi connectivity index (χ3v) is 1.94. The van der Waals surface area contributed by atoms with Crippen molar-refractivity contribution in [3.05, 3.63) is 54.6 Å². The van der Waals surface area contributed by atoms with E-state index in [-0.39, 0.29) is 35.3 Å². The third-order valence-electron chi connectivity index (χ3n) is 1.94. The van der Waals surface area contributed by atoms with Crippen LogP contribution in [0.4, 0.5) is 0 Å². The van der Waals surface area contributed by atoms with Gasteiger partial charge >= 0.3 is 29.6 Å². The SMILES string of the molecule is C=CCc1cccc([O-])c1CC=C.[Na+]. The fraction of sp³-hybridized carbons (Fsp3) is 0.167. The molecule has 0 amide bonds. The van der Waals surface area contributed by atoms with E-state index in [0.717, 1.165) is 17.5 Å². The second kappa shape index (κ2) is 6.88. The quantitative estimate of drug-likeness (QED) is 0.458. The first-order valence-corrected chi connectivity index (χ1v) is 4.29. The Morgan fingerprint density at radius 1 is 1.14 bits per heavy atom. The first kappa shape index (κ1) is 13.5. The fourth-order valence-corrected chi connectivity index (χ4v) is 1.33. The van der Waals surface area contributed by atoms with E-state index in [1.165, 1.54) is 0 Å². The predicted molar refractivity (Wildman–Crippen MR) is 53.7 cm³/mol. The Bertz CT molecular complexity index is 318. The van der Waals surface area contributed by atoms with Crippen LogP contribution in [0, 0.1) is 0 Å². The van der Waals surface area contributed by atoms with Crippen molar-refractivity contribution in [2.45, 2.75) is 12.8 Å². The Labute approximate surface area is 107 Å². The van der Waals surface area contributed by atoms with E-state index in [1.54, 1.807) is 24.3 Å². The van der Waals surface area contributed by atoms with E-state index in [2.05, 4.69) is 13.2 Å². The van der Waals surface area contributed by atoms with Crippen LogP contribution in [0.15, 0.2) is 43.5 Å². The number of rotatable bonds is 4. The number of benzene rings is 1. The van der Waals surface area contributed by atoms with Gasteiger partial charge in [0.25, 0.3) is 0 Å². The summed E-state index contributed by atoms with van der Waals surface area (Å²) in [6, 6.07) is 5.33. The Kier molecular flexibility index (Phi) is 6.64. The van der Waals surface area contributed by atoms with Crippen LogP contribution in [0.2, 0.25) is 0 Å². The standard InChI is InChI=1S/C12H14O.Na/c1-3-6-10-8-5-9-12(13)11(10)7-4-2;/h3-5,8-9,13H,1-2,6-7H2;/q;+1/p-1. The molecule has 0 saturated heterocycles. The van der Waals surface area contributed by atoms with Gasteiger partial charge in [0, 0.05) is 0 Å². The largest absolute Gasteiger partial charge is 1.00 e. The summed E-state index contributed by atoms with van der Waals surface area (Å²) in [6.45, 7) is 7.29. The molecule has 1 nitrogen and oxygen atoms in total. The number of hydrogen-bond donors (Lipinski definition) is 0. The molecular formula is C12H13NaO. The van der Waals surface area contributed by atoms with Gasteiger partial charge in [0.15, 0.2) is 0 Å². The summed E-state index contributed by atoms with van der Waals surface area (Å²) < 4.78 is 0. The molecule has 0 heterocycles. The van der Waals surface area contributed by atoms with Crippen LogP contribution in [0.5, 0.6) is 5.75 Å². The van der Waals surface area contributed by atoms with Crippen LogP contribution in [0.1, 0.15) is 11.1 Å². The molecule has 0 spiro atoms. The van der Waals surface area contributed by atoms with Crippen molar-refractivity contribution in [3.8, 4) is 5.75 Å². The predicted octanol–water partition coefficient (Wildman–Crippen LogP) is -0.779. The van der Waals surface area contributed by atoms with E-state index >= 15 is 0 Å². The van der Waals surface area contributed by atoms with Gasteiger partial charge in [0.05, 0.1) is 0 Å². The van der Waals surface area contributed by atoms with E-state index < -0.39 is 0 Å². The van der Waals surface area contributed by atoms with Gasteiger partial charge in [-0.05, 0) is 24.0 Å². The Hall–Kier alpha value is -0.500. The van der Waals surface area contributed by atoms with Gasteiger partial charge in [-0.15, -0.1) is 18.9 Å². The van der Waals surface area contributed by atoms with Gasteiger partial charge in [-0.25, -0.2) is 0 Å². The van der Waals surface area contributed by atoms with E-state index in [9.17, 15) is 5.11 Å². The molecule has 0 N–H and O–H groups in total. The molecule has 1 aromatic carbocycles. The van der Waals surface area contributed by atoms with Crippen molar-refractivity contribution in [1.29, 1.82) is 0 Å². The molecular weight excluding hydrogens is 183 g/mol. The van der Waals surface area contributed by atoms with Crippen molar-refractivity contribution in [1.82, 2.24) is 0 Å². The van der Waals surface area contributed by atoms with Crippen LogP contribution in [0.3, 0.4) is 0 Å². The summed E-state index contributed by atoms with van der Waals surface area (Å²) >= 11 is 0. The second-order valence-corrected chi connectivity index (χ2v) is 2.88. The van der Waals surface area contributed by atoms with Gasteiger partial charge in [-0.1, -0.05) is 30.4 Å². The van der Waals surface area contributed by atoms with Gasteiger partial charge in [0.1, 0.15) is 0 Å². The zero-order chi connectivity index (χ0) is 9.68. The summed E-state index contributed by atoms with van der Waals surface area (Å²) in [4.78, 5) is 0. The Balaban J connectivity index is 0.00000169. The molecule has 68 valence electrons. The molecule has 0 bridgehead atoms. The van der Waals surface area contributed by atoms with E-state index in [1.807, 2.05) is 6.07 Å². The first-order chi connectivity index (χ1) is 6.29. The van der Waals surface area contributed by atoms with Crippen LogP contribution in [0.25, 0.3) is 0 Å². The van der Waals surface area contributed by atoms with Crippen molar-refractivity contribution < 1.29 is 34.7 Å². The molecule has 0 aliphatic heterocycles. The zero-order valence-electron chi connectivity index (χ0n) is 8.62. The molecule has 0 aliphatic carbocycles. The zero-order valence-corrected chi connectivity index (χ0v) is 10.6. The number of allylic oxidation sites excluding steroid dienone is 2. The maximum Gasteiger partial charge on any atom is 1.00 e. The van der Waals surface area contributed by atoms with E-state index in [4.69, 9.17) is 0 Å². The average Bonchev–Trinajstić information content (AvgIpc) is 2.11. The monoisotopic (exact) mass is 196 g/mol. The van der Waals surface area contributed by atoms with E-state index in [0.29, 0.717) is 6.42 Å². The Morgan fingerprint density at radius 3 is 2.36 bits per heavy atom. The summed E-state index contributed by atoms with van der Waals surface area (Å²) in [5.41, 5.74) is 1.90. The molecule has 2 heteroatoms. The van der Waals surface area contributed by atoms with Crippen molar-refractivity contribution >= 4 is 0 Å². The van der Waals surface area contributed by atoms with Crippen molar-refractivity contribution in [3.63, 3.8) is 0 Å². The Morgan fingerprint density at radius 2 is 1.79 bits per heavy atom. The third kappa shape index (κ3) is 3.33. The fourth-order valence-electron chi connectivity index (χ4n) is 1.33. The summed E-state index contributed by atoms with van der Waals surface area (Å²) in [5, 5.41) is 11.4. The van der Waals surface area contributed by atoms with Gasteiger partial charge in [-0.2, -0.15) is 0 Å². The molecule has 14 heavy (non-hydrogen) atoms. The van der Waals surface area contributed by atoms with Crippen LogP contribution in [-0.4, -0.2) is 0 Å². The average molecular weight is 196 g/mol. The van der Waals surface area contributed by atoms with Gasteiger partial charge < -0.3 is 5.11 Å². The molecule has 0 unspecified atom stereocenters. The topological polar surface area (TPSA) is 23.1 Å². The first-order valence-electron chi connectivity index (χ1n) is 4.29. The molecule has 1 rings (SSSR count). The summed E-state index contributed by atoms with van der Waals surface area (Å²) in [6.07, 6.45) is 4.95. The molecule has 0 atom stereocenters. The molecule has 0 fully saturated rings. The van der Waals surface area contributed by atoms with Crippen LogP contribution in [-0.2, 0) is 12.8 Å². The van der Waals surface area contributed by atoms with Crippen molar-refractivity contribution in [2.24, 2.45) is 0 Å². The molecule has 0 aromatic heterocycles. The minimum atomic E-state index is 0. The summed E-state index contributed by atoms with van der Waals surface area (Å²) in [7, 11) is 0. The summed E-state index contributed by atoms with van der Waals surface area (Å²) in [5.74, 6) is 0.0965. The minimum Gasteiger partial charge on any atom is -0.872 e. The molecule has 0 radical (unpaired) electrons.